The van der Waals surface area contributed by atoms with Crippen molar-refractivity contribution >= 4 is 0 Å². The van der Waals surface area contributed by atoms with E-state index in [9.17, 15) is 4.39 Å². The molecule has 2 aromatic rings. The third kappa shape index (κ3) is 3.42. The Morgan fingerprint density at radius 2 is 2.05 bits per heavy atom. The zero-order valence-corrected chi connectivity index (χ0v) is 12.3. The summed E-state index contributed by atoms with van der Waals surface area (Å²) in [5.41, 5.74) is 4.15. The van der Waals surface area contributed by atoms with Gasteiger partial charge in [-0.25, -0.2) is 4.39 Å². The first-order chi connectivity index (χ1) is 9.61. The summed E-state index contributed by atoms with van der Waals surface area (Å²) in [4.78, 5) is 4.21. The highest BCUT2D eigenvalue weighted by Gasteiger charge is 2.16. The van der Waals surface area contributed by atoms with Gasteiger partial charge in [0.15, 0.2) is 0 Å². The van der Waals surface area contributed by atoms with Crippen LogP contribution in [0.4, 0.5) is 4.39 Å². The Bertz CT molecular complexity index is 561. The minimum Gasteiger partial charge on any atom is -0.306 e. The van der Waals surface area contributed by atoms with Crippen molar-refractivity contribution in [3.8, 4) is 0 Å². The van der Waals surface area contributed by atoms with Gasteiger partial charge in [0.2, 0.25) is 0 Å². The molecular weight excluding hydrogens is 251 g/mol. The second-order valence-electron chi connectivity index (χ2n) is 5.18. The summed E-state index contributed by atoms with van der Waals surface area (Å²) in [7, 11) is 0. The average Bonchev–Trinajstić information content (AvgIpc) is 2.40. The summed E-state index contributed by atoms with van der Waals surface area (Å²) in [6.45, 7) is 6.98. The van der Waals surface area contributed by atoms with Crippen molar-refractivity contribution in [1.82, 2.24) is 10.3 Å². The first-order valence-electron chi connectivity index (χ1n) is 7.02. The largest absolute Gasteiger partial charge is 0.306 e. The third-order valence-electron chi connectivity index (χ3n) is 3.39. The van der Waals surface area contributed by atoms with Crippen LogP contribution < -0.4 is 5.32 Å². The smallest absolute Gasteiger partial charge is 0.123 e. The van der Waals surface area contributed by atoms with Crippen molar-refractivity contribution in [3.63, 3.8) is 0 Å². The maximum absolute atomic E-state index is 13.7. The molecule has 0 amide bonds. The van der Waals surface area contributed by atoms with Gasteiger partial charge in [0, 0.05) is 12.4 Å². The summed E-state index contributed by atoms with van der Waals surface area (Å²) in [5.74, 6) is -0.190. The van der Waals surface area contributed by atoms with Crippen LogP contribution in [0.15, 0.2) is 36.7 Å². The Hall–Kier alpha value is -1.74. The monoisotopic (exact) mass is 272 g/mol. The number of halogens is 1. The molecule has 0 aliphatic rings. The van der Waals surface area contributed by atoms with Crippen molar-refractivity contribution in [2.45, 2.75) is 33.2 Å². The molecule has 0 fully saturated rings. The van der Waals surface area contributed by atoms with Crippen molar-refractivity contribution < 1.29 is 4.39 Å². The quantitative estimate of drug-likeness (QED) is 0.892. The molecule has 0 spiro atoms. The lowest BCUT2D eigenvalue weighted by atomic mass is 9.95. The second-order valence-corrected chi connectivity index (χ2v) is 5.18. The molecule has 106 valence electrons. The molecule has 1 unspecified atom stereocenters. The van der Waals surface area contributed by atoms with Gasteiger partial charge in [-0.15, -0.1) is 0 Å². The van der Waals surface area contributed by atoms with Gasteiger partial charge in [-0.05, 0) is 67.3 Å². The van der Waals surface area contributed by atoms with E-state index in [0.717, 1.165) is 35.2 Å². The minimum absolute atomic E-state index is 0.0157. The molecule has 1 aromatic carbocycles. The maximum Gasteiger partial charge on any atom is 0.123 e. The number of benzene rings is 1. The molecule has 0 radical (unpaired) electrons. The van der Waals surface area contributed by atoms with Crippen molar-refractivity contribution in [2.24, 2.45) is 0 Å². The van der Waals surface area contributed by atoms with Crippen LogP contribution in [0.1, 0.15) is 41.6 Å². The van der Waals surface area contributed by atoms with Gasteiger partial charge in [-0.2, -0.15) is 0 Å². The molecule has 0 bridgehead atoms. The number of nitrogens with zero attached hydrogens (tertiary/aromatic N) is 1. The number of hydrogen-bond acceptors (Lipinski definition) is 2. The Morgan fingerprint density at radius 3 is 2.70 bits per heavy atom. The zero-order chi connectivity index (χ0) is 14.5. The number of aromatic nitrogens is 1. The van der Waals surface area contributed by atoms with Crippen LogP contribution >= 0.6 is 0 Å². The van der Waals surface area contributed by atoms with Crippen LogP contribution in [0.25, 0.3) is 0 Å². The van der Waals surface area contributed by atoms with Crippen LogP contribution in [0.3, 0.4) is 0 Å². The molecule has 1 heterocycles. The number of aryl methyl sites for hydroxylation is 2. The first kappa shape index (κ1) is 14.7. The molecule has 2 rings (SSSR count). The summed E-state index contributed by atoms with van der Waals surface area (Å²) < 4.78 is 13.7. The van der Waals surface area contributed by atoms with Crippen LogP contribution in [0.2, 0.25) is 0 Å². The summed E-state index contributed by atoms with van der Waals surface area (Å²) in [6.07, 6.45) is 4.68. The van der Waals surface area contributed by atoms with Crippen LogP contribution in [0.5, 0.6) is 0 Å². The van der Waals surface area contributed by atoms with E-state index in [2.05, 4.69) is 24.1 Å². The Morgan fingerprint density at radius 1 is 1.25 bits per heavy atom. The van der Waals surface area contributed by atoms with E-state index in [0.29, 0.717) is 0 Å². The molecule has 20 heavy (non-hydrogen) atoms. The second kappa shape index (κ2) is 6.62. The number of nitrogens with one attached hydrogen (secondary N) is 1. The molecule has 2 nitrogen and oxygen atoms in total. The first-order valence-corrected chi connectivity index (χ1v) is 7.02. The fraction of sp³-hybridized carbons (Fsp3) is 0.353. The highest BCUT2D eigenvalue weighted by molar-refractivity contribution is 5.36. The molecule has 1 N–H and O–H groups in total. The predicted octanol–water partition coefficient (Wildman–Crippen LogP) is 3.93. The fourth-order valence-corrected chi connectivity index (χ4v) is 2.41. The normalized spacial score (nSPS) is 12.4. The van der Waals surface area contributed by atoms with Gasteiger partial charge in [-0.3, -0.25) is 4.98 Å². The van der Waals surface area contributed by atoms with E-state index in [1.807, 2.05) is 25.3 Å². The standard InChI is InChI=1S/C17H21FN2/c1-4-6-20-17(16-11-19-7-5-13(16)3)14-8-12(2)9-15(18)10-14/h5,7-11,17,20H,4,6H2,1-3H3. The lowest BCUT2D eigenvalue weighted by Crippen LogP contribution is -2.24. The van der Waals surface area contributed by atoms with Gasteiger partial charge in [0.25, 0.3) is 0 Å². The SMILES string of the molecule is CCCNC(c1cc(C)cc(F)c1)c1cnccc1C. The number of hydrogen-bond donors (Lipinski definition) is 1. The topological polar surface area (TPSA) is 24.9 Å². The number of rotatable bonds is 5. The summed E-state index contributed by atoms with van der Waals surface area (Å²) in [6, 6.07) is 7.16. The van der Waals surface area contributed by atoms with Crippen LogP contribution in [0, 0.1) is 19.7 Å². The van der Waals surface area contributed by atoms with E-state index in [1.54, 1.807) is 18.3 Å². The van der Waals surface area contributed by atoms with Gasteiger partial charge >= 0.3 is 0 Å². The van der Waals surface area contributed by atoms with Crippen molar-refractivity contribution in [1.29, 1.82) is 0 Å². The molecule has 0 saturated heterocycles. The molecule has 1 atom stereocenters. The number of pyridine rings is 1. The molecule has 0 aliphatic heterocycles. The van der Waals surface area contributed by atoms with Gasteiger partial charge in [-0.1, -0.05) is 13.0 Å². The lowest BCUT2D eigenvalue weighted by Gasteiger charge is -2.21. The highest BCUT2D eigenvalue weighted by atomic mass is 19.1. The lowest BCUT2D eigenvalue weighted by molar-refractivity contribution is 0.581. The summed E-state index contributed by atoms with van der Waals surface area (Å²) in [5, 5.41) is 3.49. The molecular formula is C17H21FN2. The van der Waals surface area contributed by atoms with E-state index in [1.165, 1.54) is 0 Å². The van der Waals surface area contributed by atoms with Crippen LogP contribution in [-0.2, 0) is 0 Å². The van der Waals surface area contributed by atoms with Gasteiger partial charge in [0.1, 0.15) is 5.82 Å². The molecule has 0 aliphatic carbocycles. The van der Waals surface area contributed by atoms with Crippen molar-refractivity contribution in [2.75, 3.05) is 6.54 Å². The average molecular weight is 272 g/mol. The maximum atomic E-state index is 13.7. The van der Waals surface area contributed by atoms with E-state index < -0.39 is 0 Å². The minimum atomic E-state index is -0.190. The van der Waals surface area contributed by atoms with Gasteiger partial charge < -0.3 is 5.32 Å². The molecule has 0 saturated carbocycles. The molecule has 1 aromatic heterocycles. The van der Waals surface area contributed by atoms with E-state index >= 15 is 0 Å². The Labute approximate surface area is 120 Å². The van der Waals surface area contributed by atoms with Crippen molar-refractivity contribution in [3.05, 3.63) is 64.7 Å². The Balaban J connectivity index is 2.44. The Kier molecular flexibility index (Phi) is 4.85. The summed E-state index contributed by atoms with van der Waals surface area (Å²) >= 11 is 0. The van der Waals surface area contributed by atoms with E-state index in [4.69, 9.17) is 0 Å². The van der Waals surface area contributed by atoms with Crippen LogP contribution in [-0.4, -0.2) is 11.5 Å². The fourth-order valence-electron chi connectivity index (χ4n) is 2.41. The predicted molar refractivity (Wildman–Crippen MR) is 80.2 cm³/mol. The van der Waals surface area contributed by atoms with Gasteiger partial charge in [0.05, 0.1) is 6.04 Å². The third-order valence-corrected chi connectivity index (χ3v) is 3.39. The molecule has 3 heteroatoms. The highest BCUT2D eigenvalue weighted by Crippen LogP contribution is 2.25. The van der Waals surface area contributed by atoms with E-state index in [-0.39, 0.29) is 11.9 Å². The zero-order valence-electron chi connectivity index (χ0n) is 12.3.